The molecule has 1 heterocycles. The topological polar surface area (TPSA) is 56.0 Å². The number of unbranched alkanes of at least 4 members (excludes halogenated alkanes) is 1. The Balaban J connectivity index is 2.75. The van der Waals surface area contributed by atoms with E-state index in [9.17, 15) is 4.79 Å². The van der Waals surface area contributed by atoms with Crippen LogP contribution >= 0.6 is 0 Å². The van der Waals surface area contributed by atoms with E-state index in [2.05, 4.69) is 18.8 Å². The summed E-state index contributed by atoms with van der Waals surface area (Å²) in [5.41, 5.74) is 6.77. The summed E-state index contributed by atoms with van der Waals surface area (Å²) in [6.07, 6.45) is 7.35. The third-order valence-electron chi connectivity index (χ3n) is 3.18. The van der Waals surface area contributed by atoms with Crippen molar-refractivity contribution in [3.63, 3.8) is 0 Å². The third-order valence-corrected chi connectivity index (χ3v) is 3.18. The number of nitrogens with two attached hydrogens (primary N) is 1. The van der Waals surface area contributed by atoms with Gasteiger partial charge >= 0.3 is 0 Å². The van der Waals surface area contributed by atoms with Crippen LogP contribution in [0.2, 0.25) is 0 Å². The summed E-state index contributed by atoms with van der Waals surface area (Å²) < 4.78 is 0. The third kappa shape index (κ3) is 4.17. The minimum atomic E-state index is -0.376. The van der Waals surface area contributed by atoms with Crippen molar-refractivity contribution in [2.75, 3.05) is 0 Å². The molecule has 0 radical (unpaired) electrons. The summed E-state index contributed by atoms with van der Waals surface area (Å²) in [4.78, 5) is 15.6. The van der Waals surface area contributed by atoms with Crippen LogP contribution in [0.4, 0.5) is 0 Å². The van der Waals surface area contributed by atoms with Gasteiger partial charge in [-0.3, -0.25) is 9.78 Å². The van der Waals surface area contributed by atoms with E-state index >= 15 is 0 Å². The molecule has 17 heavy (non-hydrogen) atoms. The molecule has 0 aromatic carbocycles. The lowest BCUT2D eigenvalue weighted by atomic mass is 9.92. The number of hydrogen-bond acceptors (Lipinski definition) is 2. The highest BCUT2D eigenvalue weighted by molar-refractivity contribution is 5.93. The molecule has 0 saturated carbocycles. The van der Waals surface area contributed by atoms with Gasteiger partial charge < -0.3 is 5.73 Å². The highest BCUT2D eigenvalue weighted by atomic mass is 16.1. The number of nitrogens with zero attached hydrogens (tertiary/aromatic N) is 1. The van der Waals surface area contributed by atoms with Crippen molar-refractivity contribution in [3.05, 3.63) is 29.6 Å². The Hall–Kier alpha value is -1.38. The fourth-order valence-corrected chi connectivity index (χ4v) is 2.04. The van der Waals surface area contributed by atoms with Crippen molar-refractivity contribution in [2.24, 2.45) is 11.7 Å². The predicted molar refractivity (Wildman–Crippen MR) is 69.8 cm³/mol. The standard InChI is InChI=1S/C14H22N2O/c1-3-5-7-11(4-2)10-13-12(14(15)17)8-6-9-16-13/h6,8-9,11H,3-5,7,10H2,1-2H3,(H2,15,17). The Bertz CT molecular complexity index is 363. The molecule has 0 saturated heterocycles. The van der Waals surface area contributed by atoms with Gasteiger partial charge in [0.2, 0.25) is 0 Å². The van der Waals surface area contributed by atoms with E-state index in [-0.39, 0.29) is 5.91 Å². The molecule has 0 aliphatic heterocycles. The first kappa shape index (κ1) is 13.7. The van der Waals surface area contributed by atoms with Crippen molar-refractivity contribution in [1.82, 2.24) is 4.98 Å². The first-order valence-corrected chi connectivity index (χ1v) is 6.42. The van der Waals surface area contributed by atoms with Gasteiger partial charge in [0.25, 0.3) is 5.91 Å². The highest BCUT2D eigenvalue weighted by Gasteiger charge is 2.13. The minimum absolute atomic E-state index is 0.376. The molecular formula is C14H22N2O. The number of rotatable bonds is 7. The molecule has 3 heteroatoms. The molecule has 3 nitrogen and oxygen atoms in total. The van der Waals surface area contributed by atoms with Crippen molar-refractivity contribution in [3.8, 4) is 0 Å². The zero-order valence-corrected chi connectivity index (χ0v) is 10.8. The summed E-state index contributed by atoms with van der Waals surface area (Å²) in [6.45, 7) is 4.38. The lowest BCUT2D eigenvalue weighted by molar-refractivity contribution is 0.0998. The summed E-state index contributed by atoms with van der Waals surface area (Å²) in [6, 6.07) is 3.52. The van der Waals surface area contributed by atoms with E-state index in [0.717, 1.165) is 18.5 Å². The SMILES string of the molecule is CCCCC(CC)Cc1ncccc1C(N)=O. The van der Waals surface area contributed by atoms with Crippen molar-refractivity contribution >= 4 is 5.91 Å². The molecule has 0 spiro atoms. The van der Waals surface area contributed by atoms with Gasteiger partial charge in [-0.25, -0.2) is 0 Å². The summed E-state index contributed by atoms with van der Waals surface area (Å²) in [5, 5.41) is 0. The van der Waals surface area contributed by atoms with Crippen LogP contribution in [-0.2, 0) is 6.42 Å². The normalized spacial score (nSPS) is 12.4. The summed E-state index contributed by atoms with van der Waals surface area (Å²) >= 11 is 0. The van der Waals surface area contributed by atoms with Crippen LogP contribution in [0.15, 0.2) is 18.3 Å². The van der Waals surface area contributed by atoms with Gasteiger partial charge in [0.1, 0.15) is 0 Å². The smallest absolute Gasteiger partial charge is 0.250 e. The van der Waals surface area contributed by atoms with Gasteiger partial charge in [-0.15, -0.1) is 0 Å². The Labute approximate surface area is 103 Å². The highest BCUT2D eigenvalue weighted by Crippen LogP contribution is 2.19. The maximum absolute atomic E-state index is 11.3. The number of amides is 1. The Morgan fingerprint density at radius 3 is 2.82 bits per heavy atom. The summed E-state index contributed by atoms with van der Waals surface area (Å²) in [5.74, 6) is 0.224. The second-order valence-corrected chi connectivity index (χ2v) is 4.48. The van der Waals surface area contributed by atoms with Crippen molar-refractivity contribution in [2.45, 2.75) is 46.0 Å². The van der Waals surface area contributed by atoms with Crippen molar-refractivity contribution < 1.29 is 4.79 Å². The van der Waals surface area contributed by atoms with E-state index < -0.39 is 0 Å². The maximum Gasteiger partial charge on any atom is 0.250 e. The van der Waals surface area contributed by atoms with Gasteiger partial charge in [0, 0.05) is 6.20 Å². The molecular weight excluding hydrogens is 212 g/mol. The molecule has 0 fully saturated rings. The number of primary amides is 1. The van der Waals surface area contributed by atoms with Crippen LogP contribution in [0.5, 0.6) is 0 Å². The van der Waals surface area contributed by atoms with E-state index in [1.54, 1.807) is 18.3 Å². The van der Waals surface area contributed by atoms with Gasteiger partial charge in [0.05, 0.1) is 11.3 Å². The Morgan fingerprint density at radius 2 is 2.24 bits per heavy atom. The van der Waals surface area contributed by atoms with E-state index in [1.807, 2.05) is 0 Å². The zero-order chi connectivity index (χ0) is 12.7. The molecule has 0 aliphatic rings. The zero-order valence-electron chi connectivity index (χ0n) is 10.8. The molecule has 0 bridgehead atoms. The number of hydrogen-bond donors (Lipinski definition) is 1. The number of pyridine rings is 1. The number of carbonyl (C=O) groups is 1. The van der Waals surface area contributed by atoms with Crippen LogP contribution in [-0.4, -0.2) is 10.9 Å². The molecule has 1 aromatic heterocycles. The molecule has 1 atom stereocenters. The first-order valence-electron chi connectivity index (χ1n) is 6.42. The predicted octanol–water partition coefficient (Wildman–Crippen LogP) is 2.94. The van der Waals surface area contributed by atoms with E-state index in [1.165, 1.54) is 19.3 Å². The molecule has 94 valence electrons. The monoisotopic (exact) mass is 234 g/mol. The minimum Gasteiger partial charge on any atom is -0.366 e. The molecule has 0 aliphatic carbocycles. The molecule has 1 unspecified atom stereocenters. The number of aromatic nitrogens is 1. The van der Waals surface area contributed by atoms with Gasteiger partial charge in [-0.1, -0.05) is 39.5 Å². The molecule has 1 amide bonds. The maximum atomic E-state index is 11.3. The second-order valence-electron chi connectivity index (χ2n) is 4.48. The van der Waals surface area contributed by atoms with Crippen LogP contribution in [0, 0.1) is 5.92 Å². The van der Waals surface area contributed by atoms with Gasteiger partial charge in [-0.2, -0.15) is 0 Å². The first-order chi connectivity index (χ1) is 8.19. The largest absolute Gasteiger partial charge is 0.366 e. The van der Waals surface area contributed by atoms with Crippen LogP contribution in [0.3, 0.4) is 0 Å². The van der Waals surface area contributed by atoms with Gasteiger partial charge in [0.15, 0.2) is 0 Å². The fourth-order valence-electron chi connectivity index (χ4n) is 2.04. The molecule has 2 N–H and O–H groups in total. The Morgan fingerprint density at radius 1 is 1.47 bits per heavy atom. The van der Waals surface area contributed by atoms with Crippen LogP contribution in [0.25, 0.3) is 0 Å². The lowest BCUT2D eigenvalue weighted by Crippen LogP contribution is -2.16. The second kappa shape index (κ2) is 7.05. The van der Waals surface area contributed by atoms with Crippen molar-refractivity contribution in [1.29, 1.82) is 0 Å². The van der Waals surface area contributed by atoms with Crippen LogP contribution < -0.4 is 5.73 Å². The average molecular weight is 234 g/mol. The lowest BCUT2D eigenvalue weighted by Gasteiger charge is -2.15. The number of carbonyl (C=O) groups excluding carboxylic acids is 1. The summed E-state index contributed by atoms with van der Waals surface area (Å²) in [7, 11) is 0. The Kier molecular flexibility index (Phi) is 5.67. The van der Waals surface area contributed by atoms with E-state index in [0.29, 0.717) is 11.5 Å². The molecule has 1 aromatic rings. The van der Waals surface area contributed by atoms with E-state index in [4.69, 9.17) is 5.73 Å². The fraction of sp³-hybridized carbons (Fsp3) is 0.571. The quantitative estimate of drug-likeness (QED) is 0.788. The van der Waals surface area contributed by atoms with Crippen LogP contribution in [0.1, 0.15) is 55.6 Å². The molecule has 1 rings (SSSR count). The van der Waals surface area contributed by atoms with Gasteiger partial charge in [-0.05, 0) is 24.5 Å². The average Bonchev–Trinajstić information content (AvgIpc) is 2.34.